The van der Waals surface area contributed by atoms with Gasteiger partial charge >= 0.3 is 5.97 Å². The Kier molecular flexibility index (Phi) is 8.21. The summed E-state index contributed by atoms with van der Waals surface area (Å²) in [4.78, 5) is 14.1. The molecule has 6 nitrogen and oxygen atoms in total. The molecule has 0 bridgehead atoms. The number of unbranched alkanes of at least 4 members (excludes halogenated alkanes) is 1. The molecule has 0 saturated heterocycles. The van der Waals surface area contributed by atoms with Gasteiger partial charge in [0.05, 0.1) is 28.5 Å². The minimum atomic E-state index is -3.18. The zero-order valence-electron chi connectivity index (χ0n) is 19.2. The van der Waals surface area contributed by atoms with Crippen molar-refractivity contribution < 1.29 is 28.1 Å². The van der Waals surface area contributed by atoms with Gasteiger partial charge in [0.25, 0.3) is 0 Å². The third kappa shape index (κ3) is 6.15. The van der Waals surface area contributed by atoms with Crippen LogP contribution in [0.4, 0.5) is 15.8 Å². The summed E-state index contributed by atoms with van der Waals surface area (Å²) in [6, 6.07) is 9.71. The minimum absolute atomic E-state index is 0.0171. The van der Waals surface area contributed by atoms with E-state index < -0.39 is 16.6 Å². The van der Waals surface area contributed by atoms with Gasteiger partial charge in [0.2, 0.25) is 0 Å². The van der Waals surface area contributed by atoms with Crippen molar-refractivity contribution in [3.05, 3.63) is 42.2 Å². The number of carboxylic acids is 1. The number of anilines is 2. The molecule has 0 amide bonds. The molecular formula is C24H32FNO5S2. The summed E-state index contributed by atoms with van der Waals surface area (Å²) in [5.41, 5.74) is 1.03. The Morgan fingerprint density at radius 1 is 1.27 bits per heavy atom. The standard InChI is InChI=1S/C24H32FNO5S2/c1-4-5-11-24(2)15-26(18-8-6-17(25)7-9-18)19-13-21(32-3)20(31-12-10-23(27)28)14-22(19)33(29,30)16-24/h6-9,13-14,29-30H,4-5,10-12,15-16H2,1-3H3,(H,27,28)/t24-/m0/s1. The van der Waals surface area contributed by atoms with Crippen molar-refractivity contribution >= 4 is 39.7 Å². The van der Waals surface area contributed by atoms with E-state index >= 15 is 0 Å². The highest BCUT2D eigenvalue weighted by atomic mass is 32.3. The topological polar surface area (TPSA) is 90.2 Å². The molecule has 0 radical (unpaired) electrons. The summed E-state index contributed by atoms with van der Waals surface area (Å²) < 4.78 is 42.1. The molecule has 0 spiro atoms. The van der Waals surface area contributed by atoms with Crippen LogP contribution in [0, 0.1) is 11.2 Å². The molecule has 33 heavy (non-hydrogen) atoms. The van der Waals surface area contributed by atoms with Crippen LogP contribution in [-0.4, -0.2) is 45.3 Å². The van der Waals surface area contributed by atoms with Gasteiger partial charge in [-0.15, -0.1) is 11.8 Å². The first-order valence-corrected chi connectivity index (χ1v) is 13.9. The average molecular weight is 498 g/mol. The largest absolute Gasteiger partial charge is 0.492 e. The second-order valence-electron chi connectivity index (χ2n) is 8.75. The maximum Gasteiger partial charge on any atom is 0.306 e. The van der Waals surface area contributed by atoms with Crippen LogP contribution in [0.5, 0.6) is 5.75 Å². The number of hydrogen-bond acceptors (Lipinski definition) is 6. The lowest BCUT2D eigenvalue weighted by Crippen LogP contribution is -2.35. The number of aliphatic carboxylic acids is 1. The van der Waals surface area contributed by atoms with Gasteiger partial charge in [-0.25, -0.2) is 4.39 Å². The Labute approximate surface area is 200 Å². The Bertz CT molecular complexity index is 986. The van der Waals surface area contributed by atoms with E-state index in [0.29, 0.717) is 22.9 Å². The number of halogens is 1. The summed E-state index contributed by atoms with van der Waals surface area (Å²) in [5.74, 6) is -0.663. The van der Waals surface area contributed by atoms with Crippen molar-refractivity contribution in [1.29, 1.82) is 0 Å². The summed E-state index contributed by atoms with van der Waals surface area (Å²) in [7, 11) is -3.18. The number of rotatable bonds is 9. The van der Waals surface area contributed by atoms with E-state index in [9.17, 15) is 18.3 Å². The molecule has 0 aromatic heterocycles. The van der Waals surface area contributed by atoms with Crippen LogP contribution in [0.2, 0.25) is 0 Å². The van der Waals surface area contributed by atoms with E-state index in [0.717, 1.165) is 29.8 Å². The molecule has 1 aliphatic rings. The lowest BCUT2D eigenvalue weighted by atomic mass is 9.86. The van der Waals surface area contributed by atoms with Gasteiger partial charge in [0, 0.05) is 29.5 Å². The molecule has 1 aliphatic heterocycles. The number of carbonyl (C=O) groups is 1. The predicted octanol–water partition coefficient (Wildman–Crippen LogP) is 6.86. The Morgan fingerprint density at radius 3 is 2.58 bits per heavy atom. The lowest BCUT2D eigenvalue weighted by molar-refractivity contribution is -0.137. The molecule has 1 atom stereocenters. The fourth-order valence-electron chi connectivity index (χ4n) is 4.21. The molecule has 0 saturated carbocycles. The summed E-state index contributed by atoms with van der Waals surface area (Å²) in [6.07, 6.45) is 4.50. The highest BCUT2D eigenvalue weighted by molar-refractivity contribution is 8.24. The zero-order chi connectivity index (χ0) is 24.2. The van der Waals surface area contributed by atoms with Crippen LogP contribution < -0.4 is 9.64 Å². The van der Waals surface area contributed by atoms with E-state index in [4.69, 9.17) is 9.84 Å². The molecule has 3 rings (SSSR count). The Hall–Kier alpha value is -1.94. The van der Waals surface area contributed by atoms with Gasteiger partial charge in [-0.3, -0.25) is 13.9 Å². The second kappa shape index (κ2) is 10.5. The molecule has 0 unspecified atom stereocenters. The molecule has 0 aliphatic carbocycles. The first-order valence-electron chi connectivity index (χ1n) is 10.9. The minimum Gasteiger partial charge on any atom is -0.492 e. The highest BCUT2D eigenvalue weighted by Crippen LogP contribution is 2.61. The third-order valence-electron chi connectivity index (χ3n) is 5.82. The first-order chi connectivity index (χ1) is 15.6. The number of ether oxygens (including phenoxy) is 1. The second-order valence-corrected chi connectivity index (χ2v) is 11.7. The van der Waals surface area contributed by atoms with Gasteiger partial charge in [-0.05, 0) is 43.0 Å². The van der Waals surface area contributed by atoms with Gasteiger partial charge in [-0.2, -0.15) is 10.6 Å². The summed E-state index contributed by atoms with van der Waals surface area (Å²) in [6.45, 7) is 4.71. The van der Waals surface area contributed by atoms with E-state index in [1.807, 2.05) is 17.2 Å². The third-order valence-corrected chi connectivity index (χ3v) is 8.71. The fourth-order valence-corrected chi connectivity index (χ4v) is 6.92. The zero-order valence-corrected chi connectivity index (χ0v) is 20.8. The lowest BCUT2D eigenvalue weighted by Gasteiger charge is -2.39. The van der Waals surface area contributed by atoms with Crippen LogP contribution in [0.15, 0.2) is 46.2 Å². The van der Waals surface area contributed by atoms with Gasteiger partial charge in [0.15, 0.2) is 0 Å². The molecule has 3 N–H and O–H groups in total. The summed E-state index contributed by atoms with van der Waals surface area (Å²) >= 11 is 1.43. The Morgan fingerprint density at radius 2 is 1.97 bits per heavy atom. The van der Waals surface area contributed by atoms with Crippen LogP contribution in [0.25, 0.3) is 0 Å². The van der Waals surface area contributed by atoms with Gasteiger partial charge in [0.1, 0.15) is 11.6 Å². The van der Waals surface area contributed by atoms with E-state index in [1.165, 1.54) is 23.9 Å². The van der Waals surface area contributed by atoms with E-state index in [-0.39, 0.29) is 30.0 Å². The number of carboxylic acid groups (broad SMARTS) is 1. The Balaban J connectivity index is 2.14. The smallest absolute Gasteiger partial charge is 0.306 e. The number of fused-ring (bicyclic) bond motifs is 1. The summed E-state index contributed by atoms with van der Waals surface area (Å²) in [5, 5.41) is 8.94. The normalized spacial score (nSPS) is 20.6. The molecule has 2 aromatic rings. The molecule has 2 aromatic carbocycles. The molecule has 1 heterocycles. The quantitative estimate of drug-likeness (QED) is 0.326. The van der Waals surface area contributed by atoms with Crippen molar-refractivity contribution in [3.63, 3.8) is 0 Å². The van der Waals surface area contributed by atoms with Crippen molar-refractivity contribution in [2.24, 2.45) is 5.41 Å². The molecule has 182 valence electrons. The van der Waals surface area contributed by atoms with Crippen molar-refractivity contribution in [3.8, 4) is 5.75 Å². The SMILES string of the molecule is CCCC[C@@]1(C)CN(c2ccc(F)cc2)c2cc(SC)c(OCCC(=O)O)cc2S(O)(O)C1. The van der Waals surface area contributed by atoms with E-state index in [1.54, 1.807) is 18.2 Å². The number of hydrogen-bond donors (Lipinski definition) is 3. The molecular weight excluding hydrogens is 465 g/mol. The maximum absolute atomic E-state index is 13.7. The molecule has 0 fully saturated rings. The van der Waals surface area contributed by atoms with Crippen LogP contribution in [0.3, 0.4) is 0 Å². The first kappa shape index (κ1) is 25.7. The van der Waals surface area contributed by atoms with Crippen molar-refractivity contribution in [2.75, 3.05) is 30.1 Å². The van der Waals surface area contributed by atoms with Crippen LogP contribution in [-0.2, 0) is 4.79 Å². The maximum atomic E-state index is 13.7. The number of thioether (sulfide) groups is 1. The van der Waals surface area contributed by atoms with Gasteiger partial charge in [-0.1, -0.05) is 26.7 Å². The van der Waals surface area contributed by atoms with Crippen LogP contribution in [0.1, 0.15) is 39.5 Å². The van der Waals surface area contributed by atoms with Crippen molar-refractivity contribution in [1.82, 2.24) is 0 Å². The fraction of sp³-hybridized carbons (Fsp3) is 0.458. The molecule has 9 heteroatoms. The predicted molar refractivity (Wildman–Crippen MR) is 133 cm³/mol. The number of benzene rings is 2. The number of nitrogens with zero attached hydrogens (tertiary/aromatic N) is 1. The highest BCUT2D eigenvalue weighted by Gasteiger charge is 2.40. The van der Waals surface area contributed by atoms with E-state index in [2.05, 4.69) is 13.8 Å². The monoisotopic (exact) mass is 497 g/mol. The van der Waals surface area contributed by atoms with Crippen LogP contribution >= 0.6 is 22.4 Å². The van der Waals surface area contributed by atoms with Gasteiger partial charge < -0.3 is 14.7 Å². The van der Waals surface area contributed by atoms with Crippen molar-refractivity contribution in [2.45, 2.75) is 49.3 Å². The average Bonchev–Trinajstić information content (AvgIpc) is 2.84.